The van der Waals surface area contributed by atoms with Crippen LogP contribution in [0.5, 0.6) is 5.75 Å². The van der Waals surface area contributed by atoms with Gasteiger partial charge in [0.2, 0.25) is 0 Å². The molecule has 0 bridgehead atoms. The van der Waals surface area contributed by atoms with Crippen LogP contribution in [0, 0.1) is 0 Å². The number of amides is 2. The lowest BCUT2D eigenvalue weighted by Crippen LogP contribution is -2.46. The number of aliphatic hydroxyl groups is 1. The van der Waals surface area contributed by atoms with Gasteiger partial charge in [-0.3, -0.25) is 0 Å². The van der Waals surface area contributed by atoms with E-state index < -0.39 is 18.0 Å². The Morgan fingerprint density at radius 3 is 2.62 bits per heavy atom. The fraction of sp³-hybridized carbons (Fsp3) is 0.429. The van der Waals surface area contributed by atoms with Crippen LogP contribution >= 0.6 is 0 Å². The molecule has 7 nitrogen and oxygen atoms in total. The lowest BCUT2D eigenvalue weighted by Gasteiger charge is -2.22. The number of methoxy groups -OCH3 is 1. The van der Waals surface area contributed by atoms with Gasteiger partial charge in [-0.15, -0.1) is 0 Å². The van der Waals surface area contributed by atoms with Crippen LogP contribution in [0.3, 0.4) is 0 Å². The van der Waals surface area contributed by atoms with Crippen LogP contribution in [-0.2, 0) is 11.3 Å². The summed E-state index contributed by atoms with van der Waals surface area (Å²) < 4.78 is 5.20. The molecule has 0 heterocycles. The first kappa shape index (κ1) is 16.8. The van der Waals surface area contributed by atoms with Crippen LogP contribution < -0.4 is 10.1 Å². The van der Waals surface area contributed by atoms with E-state index in [9.17, 15) is 9.59 Å². The summed E-state index contributed by atoms with van der Waals surface area (Å²) in [6, 6.07) is 5.63. The van der Waals surface area contributed by atoms with Crippen molar-refractivity contribution in [2.24, 2.45) is 0 Å². The molecule has 0 fully saturated rings. The highest BCUT2D eigenvalue weighted by Gasteiger charge is 2.21. The number of carboxylic acid groups (broad SMARTS) is 1. The number of nitrogens with zero attached hydrogens (tertiary/aromatic N) is 1. The van der Waals surface area contributed by atoms with E-state index in [2.05, 4.69) is 5.32 Å². The van der Waals surface area contributed by atoms with E-state index in [1.807, 2.05) is 18.2 Å². The van der Waals surface area contributed by atoms with Crippen molar-refractivity contribution in [2.75, 3.05) is 20.8 Å². The van der Waals surface area contributed by atoms with Crippen LogP contribution in [0.1, 0.15) is 12.0 Å². The molecule has 0 radical (unpaired) electrons. The average molecular weight is 296 g/mol. The number of urea groups is 1. The van der Waals surface area contributed by atoms with Gasteiger partial charge in [0, 0.05) is 25.6 Å². The lowest BCUT2D eigenvalue weighted by molar-refractivity contribution is -0.139. The van der Waals surface area contributed by atoms with Crippen molar-refractivity contribution in [1.29, 1.82) is 0 Å². The number of hydrogen-bond acceptors (Lipinski definition) is 4. The zero-order chi connectivity index (χ0) is 15.8. The average Bonchev–Trinajstić information content (AvgIpc) is 2.47. The van der Waals surface area contributed by atoms with Gasteiger partial charge >= 0.3 is 12.0 Å². The van der Waals surface area contributed by atoms with E-state index in [0.29, 0.717) is 5.75 Å². The number of aliphatic carboxylic acids is 1. The van der Waals surface area contributed by atoms with Crippen LogP contribution in [0.4, 0.5) is 4.79 Å². The fourth-order valence-corrected chi connectivity index (χ4v) is 1.81. The number of aliphatic hydroxyl groups excluding tert-OH is 1. The summed E-state index contributed by atoms with van der Waals surface area (Å²) in [4.78, 5) is 24.3. The van der Waals surface area contributed by atoms with Crippen molar-refractivity contribution in [3.63, 3.8) is 0 Å². The minimum atomic E-state index is -1.18. The molecular weight excluding hydrogens is 276 g/mol. The van der Waals surface area contributed by atoms with Gasteiger partial charge in [0.25, 0.3) is 0 Å². The summed E-state index contributed by atoms with van der Waals surface area (Å²) in [7, 11) is 3.10. The van der Waals surface area contributed by atoms with Gasteiger partial charge in [-0.25, -0.2) is 9.59 Å². The van der Waals surface area contributed by atoms with Crippen molar-refractivity contribution in [3.8, 4) is 5.75 Å². The zero-order valence-electron chi connectivity index (χ0n) is 12.1. The first-order valence-corrected chi connectivity index (χ1v) is 6.46. The molecule has 0 aliphatic rings. The van der Waals surface area contributed by atoms with Crippen LogP contribution in [0.2, 0.25) is 0 Å². The number of carbonyl (C=O) groups excluding carboxylic acids is 1. The monoisotopic (exact) mass is 296 g/mol. The molecule has 1 atom stereocenters. The Bertz CT molecular complexity index is 492. The third-order valence-electron chi connectivity index (χ3n) is 2.96. The Morgan fingerprint density at radius 1 is 1.38 bits per heavy atom. The van der Waals surface area contributed by atoms with Crippen LogP contribution in [-0.4, -0.2) is 53.9 Å². The summed E-state index contributed by atoms with van der Waals surface area (Å²) in [6.45, 7) is -0.0330. The lowest BCUT2D eigenvalue weighted by atomic mass is 10.2. The second-order valence-corrected chi connectivity index (χ2v) is 4.52. The molecule has 0 saturated heterocycles. The zero-order valence-corrected chi connectivity index (χ0v) is 12.1. The molecule has 116 valence electrons. The number of benzene rings is 1. The number of carbonyl (C=O) groups is 2. The fourth-order valence-electron chi connectivity index (χ4n) is 1.81. The maximum atomic E-state index is 12.0. The number of nitrogens with one attached hydrogen (secondary N) is 1. The number of para-hydroxylation sites is 1. The quantitative estimate of drug-likeness (QED) is 0.687. The van der Waals surface area contributed by atoms with Gasteiger partial charge < -0.3 is 25.2 Å². The molecule has 21 heavy (non-hydrogen) atoms. The molecule has 1 aromatic carbocycles. The molecular formula is C14H20N2O5. The summed E-state index contributed by atoms with van der Waals surface area (Å²) in [5, 5.41) is 20.1. The van der Waals surface area contributed by atoms with E-state index in [1.165, 1.54) is 4.90 Å². The SMILES string of the molecule is COc1ccccc1CN(C)C(=O)NC(CCO)C(=O)O. The smallest absolute Gasteiger partial charge is 0.326 e. The van der Waals surface area contributed by atoms with Crippen LogP contribution in [0.15, 0.2) is 24.3 Å². The molecule has 0 spiro atoms. The molecule has 0 aliphatic heterocycles. The number of rotatable bonds is 7. The number of carboxylic acids is 1. The molecule has 0 aliphatic carbocycles. The largest absolute Gasteiger partial charge is 0.496 e. The van der Waals surface area contributed by atoms with Crippen LogP contribution in [0.25, 0.3) is 0 Å². The minimum absolute atomic E-state index is 0.0381. The topological polar surface area (TPSA) is 99.1 Å². The van der Waals surface area contributed by atoms with E-state index in [1.54, 1.807) is 20.2 Å². The predicted molar refractivity (Wildman–Crippen MR) is 76.1 cm³/mol. The van der Waals surface area contributed by atoms with E-state index >= 15 is 0 Å². The van der Waals surface area contributed by atoms with Gasteiger partial charge in [0.15, 0.2) is 0 Å². The second kappa shape index (κ2) is 8.11. The minimum Gasteiger partial charge on any atom is -0.496 e. The van der Waals surface area contributed by atoms with Gasteiger partial charge in [-0.05, 0) is 6.07 Å². The molecule has 0 saturated carbocycles. The first-order chi connectivity index (χ1) is 9.99. The Morgan fingerprint density at radius 2 is 2.05 bits per heavy atom. The predicted octanol–water partition coefficient (Wildman–Crippen LogP) is 0.672. The van der Waals surface area contributed by atoms with Crippen molar-refractivity contribution in [2.45, 2.75) is 19.0 Å². The van der Waals surface area contributed by atoms with E-state index in [-0.39, 0.29) is 19.6 Å². The maximum absolute atomic E-state index is 12.0. The number of ether oxygens (including phenoxy) is 1. The van der Waals surface area contributed by atoms with Gasteiger partial charge in [-0.2, -0.15) is 0 Å². The Labute approximate surface area is 123 Å². The Balaban J connectivity index is 2.67. The standard InChI is InChI=1S/C14H20N2O5/c1-16(9-10-5-3-4-6-12(10)21-2)14(20)15-11(7-8-17)13(18)19/h3-6,11,17H,7-9H2,1-2H3,(H,15,20)(H,18,19). The van der Waals surface area contributed by atoms with E-state index in [0.717, 1.165) is 5.56 Å². The van der Waals surface area contributed by atoms with Gasteiger partial charge in [0.1, 0.15) is 11.8 Å². The van der Waals surface area contributed by atoms with Gasteiger partial charge in [0.05, 0.1) is 13.7 Å². The number of hydrogen-bond donors (Lipinski definition) is 3. The molecule has 1 unspecified atom stereocenters. The first-order valence-electron chi connectivity index (χ1n) is 6.46. The molecule has 2 amide bonds. The Hall–Kier alpha value is -2.28. The highest BCUT2D eigenvalue weighted by Crippen LogP contribution is 2.18. The van der Waals surface area contributed by atoms with Crippen molar-refractivity contribution in [3.05, 3.63) is 29.8 Å². The second-order valence-electron chi connectivity index (χ2n) is 4.52. The summed E-state index contributed by atoms with van der Waals surface area (Å²) in [6.07, 6.45) is -0.0381. The normalized spacial score (nSPS) is 11.6. The maximum Gasteiger partial charge on any atom is 0.326 e. The van der Waals surface area contributed by atoms with Gasteiger partial charge in [-0.1, -0.05) is 18.2 Å². The third-order valence-corrected chi connectivity index (χ3v) is 2.96. The van der Waals surface area contributed by atoms with E-state index in [4.69, 9.17) is 14.9 Å². The highest BCUT2D eigenvalue weighted by atomic mass is 16.5. The molecule has 0 aromatic heterocycles. The molecule has 1 aromatic rings. The molecule has 3 N–H and O–H groups in total. The third kappa shape index (κ3) is 4.96. The van der Waals surface area contributed by atoms with Crippen molar-refractivity contribution in [1.82, 2.24) is 10.2 Å². The Kier molecular flexibility index (Phi) is 6.48. The molecule has 1 rings (SSSR count). The highest BCUT2D eigenvalue weighted by molar-refractivity contribution is 5.82. The summed E-state index contributed by atoms with van der Waals surface area (Å²) in [5.41, 5.74) is 0.812. The van der Waals surface area contributed by atoms with Crippen molar-refractivity contribution < 1.29 is 24.5 Å². The summed E-state index contributed by atoms with van der Waals surface area (Å²) in [5.74, 6) is -0.523. The van der Waals surface area contributed by atoms with Crippen molar-refractivity contribution >= 4 is 12.0 Å². The summed E-state index contributed by atoms with van der Waals surface area (Å²) >= 11 is 0. The molecule has 7 heteroatoms.